The predicted octanol–water partition coefficient (Wildman–Crippen LogP) is 0.589. The van der Waals surface area contributed by atoms with E-state index in [2.05, 4.69) is 0 Å². The summed E-state index contributed by atoms with van der Waals surface area (Å²) in [4.78, 5) is 10.3. The number of carboxylic acid groups (broad SMARTS) is 1. The van der Waals surface area contributed by atoms with E-state index in [4.69, 9.17) is 5.11 Å². The SMILES string of the molecule is CC(C(O)Cc1ccccc1)C(O)C(O)C=CC(=O)O. The highest BCUT2D eigenvalue weighted by Gasteiger charge is 2.27. The van der Waals surface area contributed by atoms with Gasteiger partial charge in [-0.1, -0.05) is 37.3 Å². The second-order valence-corrected chi connectivity index (χ2v) is 4.79. The number of carboxylic acids is 1. The summed E-state index contributed by atoms with van der Waals surface area (Å²) < 4.78 is 0. The van der Waals surface area contributed by atoms with Crippen molar-refractivity contribution < 1.29 is 25.2 Å². The minimum absolute atomic E-state index is 0.356. The summed E-state index contributed by atoms with van der Waals surface area (Å²) in [7, 11) is 0. The van der Waals surface area contributed by atoms with Gasteiger partial charge in [0.2, 0.25) is 0 Å². The zero-order valence-electron chi connectivity index (χ0n) is 11.3. The van der Waals surface area contributed by atoms with E-state index in [0.717, 1.165) is 17.7 Å². The summed E-state index contributed by atoms with van der Waals surface area (Å²) in [5, 5.41) is 38.0. The number of aliphatic carboxylic acids is 1. The standard InChI is InChI=1S/C15H20O5/c1-10(15(20)12(16)7-8-14(18)19)13(17)9-11-5-3-2-4-6-11/h2-8,10,12-13,15-17,20H,9H2,1H3,(H,18,19). The van der Waals surface area contributed by atoms with Gasteiger partial charge in [0, 0.05) is 12.0 Å². The van der Waals surface area contributed by atoms with E-state index in [1.54, 1.807) is 6.92 Å². The number of carbonyl (C=O) groups is 1. The molecule has 0 bridgehead atoms. The molecular weight excluding hydrogens is 260 g/mol. The Hall–Kier alpha value is -1.69. The molecule has 5 nitrogen and oxygen atoms in total. The topological polar surface area (TPSA) is 98.0 Å². The molecule has 20 heavy (non-hydrogen) atoms. The Morgan fingerprint density at radius 2 is 1.80 bits per heavy atom. The molecule has 0 aliphatic carbocycles. The van der Waals surface area contributed by atoms with Crippen molar-refractivity contribution in [3.63, 3.8) is 0 Å². The Balaban J connectivity index is 2.59. The smallest absolute Gasteiger partial charge is 0.328 e. The van der Waals surface area contributed by atoms with Gasteiger partial charge < -0.3 is 20.4 Å². The number of hydrogen-bond acceptors (Lipinski definition) is 4. The molecule has 0 saturated carbocycles. The van der Waals surface area contributed by atoms with Crippen molar-refractivity contribution in [2.24, 2.45) is 5.92 Å². The molecule has 1 rings (SSSR count). The first-order valence-electron chi connectivity index (χ1n) is 6.41. The minimum Gasteiger partial charge on any atom is -0.478 e. The fraction of sp³-hybridized carbons (Fsp3) is 0.400. The third-order valence-corrected chi connectivity index (χ3v) is 3.22. The largest absolute Gasteiger partial charge is 0.478 e. The number of aliphatic hydroxyl groups is 3. The van der Waals surface area contributed by atoms with Crippen LogP contribution >= 0.6 is 0 Å². The Labute approximate surface area is 117 Å². The first kappa shape index (κ1) is 16.4. The summed E-state index contributed by atoms with van der Waals surface area (Å²) in [6, 6.07) is 9.31. The van der Waals surface area contributed by atoms with Gasteiger partial charge in [0.05, 0.1) is 18.3 Å². The van der Waals surface area contributed by atoms with Crippen molar-refractivity contribution in [1.82, 2.24) is 0 Å². The molecule has 4 atom stereocenters. The van der Waals surface area contributed by atoms with Crippen LogP contribution in [0.4, 0.5) is 0 Å². The van der Waals surface area contributed by atoms with Crippen molar-refractivity contribution in [1.29, 1.82) is 0 Å². The normalized spacial score (nSPS) is 17.6. The molecule has 1 aromatic rings. The first-order chi connectivity index (χ1) is 9.41. The van der Waals surface area contributed by atoms with E-state index in [1.165, 1.54) is 0 Å². The van der Waals surface area contributed by atoms with Gasteiger partial charge in [0.25, 0.3) is 0 Å². The number of hydrogen-bond donors (Lipinski definition) is 4. The van der Waals surface area contributed by atoms with Gasteiger partial charge in [0.15, 0.2) is 0 Å². The van der Waals surface area contributed by atoms with Gasteiger partial charge in [-0.05, 0) is 18.1 Å². The van der Waals surface area contributed by atoms with Crippen LogP contribution in [0.25, 0.3) is 0 Å². The molecule has 0 heterocycles. The van der Waals surface area contributed by atoms with Crippen molar-refractivity contribution in [2.75, 3.05) is 0 Å². The van der Waals surface area contributed by atoms with Crippen LogP contribution in [0.5, 0.6) is 0 Å². The lowest BCUT2D eigenvalue weighted by atomic mass is 9.90. The maximum absolute atomic E-state index is 10.3. The molecule has 4 N–H and O–H groups in total. The Bertz CT molecular complexity index is 443. The quantitative estimate of drug-likeness (QED) is 0.548. The molecule has 0 amide bonds. The van der Waals surface area contributed by atoms with Crippen molar-refractivity contribution in [2.45, 2.75) is 31.7 Å². The van der Waals surface area contributed by atoms with Crippen molar-refractivity contribution >= 4 is 5.97 Å². The van der Waals surface area contributed by atoms with Gasteiger partial charge in [-0.3, -0.25) is 0 Å². The monoisotopic (exact) mass is 280 g/mol. The van der Waals surface area contributed by atoms with Crippen LogP contribution in [0.3, 0.4) is 0 Å². The highest BCUT2D eigenvalue weighted by molar-refractivity contribution is 5.79. The zero-order chi connectivity index (χ0) is 15.1. The molecule has 0 aromatic heterocycles. The van der Waals surface area contributed by atoms with E-state index < -0.39 is 30.2 Å². The molecule has 0 aliphatic rings. The third-order valence-electron chi connectivity index (χ3n) is 3.22. The Morgan fingerprint density at radius 3 is 2.35 bits per heavy atom. The van der Waals surface area contributed by atoms with Crippen LogP contribution < -0.4 is 0 Å². The van der Waals surface area contributed by atoms with Gasteiger partial charge >= 0.3 is 5.97 Å². The molecule has 0 radical (unpaired) electrons. The number of rotatable bonds is 7. The fourth-order valence-electron chi connectivity index (χ4n) is 1.87. The minimum atomic E-state index is -1.33. The Morgan fingerprint density at radius 1 is 1.20 bits per heavy atom. The second-order valence-electron chi connectivity index (χ2n) is 4.79. The molecule has 5 heteroatoms. The van der Waals surface area contributed by atoms with E-state index >= 15 is 0 Å². The maximum Gasteiger partial charge on any atom is 0.328 e. The first-order valence-corrected chi connectivity index (χ1v) is 6.41. The average Bonchev–Trinajstić information content (AvgIpc) is 2.44. The number of benzene rings is 1. The summed E-state index contributed by atoms with van der Waals surface area (Å²) in [5.41, 5.74) is 0.926. The van der Waals surface area contributed by atoms with Crippen LogP contribution in [0.2, 0.25) is 0 Å². The highest BCUT2D eigenvalue weighted by Crippen LogP contribution is 2.17. The summed E-state index contributed by atoms with van der Waals surface area (Å²) in [6.07, 6.45) is -1.27. The lowest BCUT2D eigenvalue weighted by molar-refractivity contribution is -0.131. The van der Waals surface area contributed by atoms with Crippen LogP contribution in [-0.4, -0.2) is 44.7 Å². The summed E-state index contributed by atoms with van der Waals surface area (Å²) >= 11 is 0. The van der Waals surface area contributed by atoms with Gasteiger partial charge in [-0.15, -0.1) is 0 Å². The van der Waals surface area contributed by atoms with Crippen LogP contribution in [-0.2, 0) is 11.2 Å². The average molecular weight is 280 g/mol. The lowest BCUT2D eigenvalue weighted by Gasteiger charge is -2.26. The van der Waals surface area contributed by atoms with E-state index in [1.807, 2.05) is 30.3 Å². The molecule has 1 aromatic carbocycles. The molecule has 0 fully saturated rings. The fourth-order valence-corrected chi connectivity index (χ4v) is 1.87. The molecule has 110 valence electrons. The lowest BCUT2D eigenvalue weighted by Crippen LogP contribution is -2.38. The van der Waals surface area contributed by atoms with Gasteiger partial charge in [0.1, 0.15) is 0 Å². The molecule has 0 saturated heterocycles. The zero-order valence-corrected chi connectivity index (χ0v) is 11.3. The second kappa shape index (κ2) is 7.79. The molecular formula is C15H20O5. The maximum atomic E-state index is 10.3. The van der Waals surface area contributed by atoms with E-state index in [0.29, 0.717) is 6.42 Å². The van der Waals surface area contributed by atoms with Crippen LogP contribution in [0, 0.1) is 5.92 Å². The highest BCUT2D eigenvalue weighted by atomic mass is 16.4. The Kier molecular flexibility index (Phi) is 6.38. The van der Waals surface area contributed by atoms with Crippen LogP contribution in [0.1, 0.15) is 12.5 Å². The summed E-state index contributed by atoms with van der Waals surface area (Å²) in [5.74, 6) is -1.79. The third kappa shape index (κ3) is 5.13. The van der Waals surface area contributed by atoms with Gasteiger partial charge in [-0.2, -0.15) is 0 Å². The van der Waals surface area contributed by atoms with Crippen molar-refractivity contribution in [3.05, 3.63) is 48.0 Å². The van der Waals surface area contributed by atoms with E-state index in [-0.39, 0.29) is 0 Å². The number of aliphatic hydroxyl groups excluding tert-OH is 3. The van der Waals surface area contributed by atoms with Crippen molar-refractivity contribution in [3.8, 4) is 0 Å². The van der Waals surface area contributed by atoms with E-state index in [9.17, 15) is 20.1 Å². The summed E-state index contributed by atoms with van der Waals surface area (Å²) in [6.45, 7) is 1.61. The predicted molar refractivity (Wildman–Crippen MR) is 74.1 cm³/mol. The molecule has 0 aliphatic heterocycles. The molecule has 4 unspecified atom stereocenters. The molecule has 0 spiro atoms. The van der Waals surface area contributed by atoms with Crippen LogP contribution in [0.15, 0.2) is 42.5 Å². The van der Waals surface area contributed by atoms with Gasteiger partial charge in [-0.25, -0.2) is 4.79 Å².